The maximum atomic E-state index is 11.8. The second-order valence-corrected chi connectivity index (χ2v) is 5.58. The van der Waals surface area contributed by atoms with Gasteiger partial charge in [0.1, 0.15) is 0 Å². The molecule has 0 atom stereocenters. The molecule has 4 heteroatoms. The van der Waals surface area contributed by atoms with Gasteiger partial charge >= 0.3 is 0 Å². The molecular weight excluding hydrogens is 276 g/mol. The molecule has 1 aromatic rings. The van der Waals surface area contributed by atoms with E-state index in [2.05, 4.69) is 5.32 Å². The molecule has 118 valence electrons. The molecule has 0 spiro atoms. The zero-order chi connectivity index (χ0) is 15.6. The molecule has 1 N–H and O–H groups in total. The third-order valence-corrected chi connectivity index (χ3v) is 3.80. The summed E-state index contributed by atoms with van der Waals surface area (Å²) in [5.74, 6) is 0.166. The normalized spacial score (nSPS) is 15.8. The summed E-state index contributed by atoms with van der Waals surface area (Å²) >= 11 is 0. The highest BCUT2D eigenvalue weighted by atomic mass is 16.2. The topological polar surface area (TPSA) is 49.4 Å². The molecule has 1 aliphatic rings. The number of likely N-dealkylation sites (tertiary alicyclic amines) is 1. The number of carbonyl (C=O) groups is 2. The van der Waals surface area contributed by atoms with Crippen LogP contribution in [0.4, 0.5) is 0 Å². The van der Waals surface area contributed by atoms with E-state index < -0.39 is 0 Å². The predicted molar refractivity (Wildman–Crippen MR) is 88.2 cm³/mol. The van der Waals surface area contributed by atoms with Crippen molar-refractivity contribution >= 4 is 17.9 Å². The molecule has 4 nitrogen and oxygen atoms in total. The molecule has 0 saturated carbocycles. The fraction of sp³-hybridized carbons (Fsp3) is 0.444. The van der Waals surface area contributed by atoms with Crippen LogP contribution in [-0.4, -0.2) is 36.3 Å². The van der Waals surface area contributed by atoms with E-state index in [4.69, 9.17) is 0 Å². The van der Waals surface area contributed by atoms with Gasteiger partial charge in [0.15, 0.2) is 0 Å². The Kier molecular flexibility index (Phi) is 6.68. The summed E-state index contributed by atoms with van der Waals surface area (Å²) in [6, 6.07) is 9.73. The summed E-state index contributed by atoms with van der Waals surface area (Å²) < 4.78 is 0. The Bertz CT molecular complexity index is 511. The lowest BCUT2D eigenvalue weighted by Crippen LogP contribution is -2.33. The fourth-order valence-electron chi connectivity index (χ4n) is 2.55. The standard InChI is InChI=1S/C18H24N2O2/c21-17(12-11-16-8-3-1-4-9-16)19-13-7-15-20-14-6-2-5-10-18(20)22/h1,3-4,8-9,11-12H,2,5-7,10,13-15H2,(H,19,21)/b12-11+. The number of amides is 2. The first-order valence-electron chi connectivity index (χ1n) is 8.04. The number of benzene rings is 1. The SMILES string of the molecule is O=C(/C=C/c1ccccc1)NCCCN1CCCCCC1=O. The van der Waals surface area contributed by atoms with Gasteiger partial charge in [-0.3, -0.25) is 9.59 Å². The lowest BCUT2D eigenvalue weighted by molar-refractivity contribution is -0.130. The number of rotatable bonds is 6. The van der Waals surface area contributed by atoms with Crippen LogP contribution in [0.5, 0.6) is 0 Å². The first kappa shape index (κ1) is 16.3. The largest absolute Gasteiger partial charge is 0.352 e. The molecule has 1 heterocycles. The highest BCUT2D eigenvalue weighted by Gasteiger charge is 2.15. The molecule has 2 rings (SSSR count). The van der Waals surface area contributed by atoms with Gasteiger partial charge in [-0.1, -0.05) is 36.8 Å². The molecule has 2 amide bonds. The van der Waals surface area contributed by atoms with Crippen molar-refractivity contribution in [3.8, 4) is 0 Å². The summed E-state index contributed by atoms with van der Waals surface area (Å²) in [6.45, 7) is 2.20. The van der Waals surface area contributed by atoms with Crippen molar-refractivity contribution in [2.75, 3.05) is 19.6 Å². The van der Waals surface area contributed by atoms with Crippen molar-refractivity contribution in [3.05, 3.63) is 42.0 Å². The van der Waals surface area contributed by atoms with Crippen molar-refractivity contribution in [1.29, 1.82) is 0 Å². The van der Waals surface area contributed by atoms with Gasteiger partial charge in [-0.15, -0.1) is 0 Å². The van der Waals surface area contributed by atoms with E-state index in [0.717, 1.165) is 44.3 Å². The van der Waals surface area contributed by atoms with Crippen molar-refractivity contribution < 1.29 is 9.59 Å². The predicted octanol–water partition coefficient (Wildman–Crippen LogP) is 2.61. The Hall–Kier alpha value is -2.10. The van der Waals surface area contributed by atoms with E-state index in [1.54, 1.807) is 12.2 Å². The second kappa shape index (κ2) is 9.03. The molecule has 0 unspecified atom stereocenters. The fourth-order valence-corrected chi connectivity index (χ4v) is 2.55. The molecule has 1 saturated heterocycles. The molecular formula is C18H24N2O2. The molecule has 1 fully saturated rings. The van der Waals surface area contributed by atoms with Crippen LogP contribution in [0.1, 0.15) is 37.7 Å². The van der Waals surface area contributed by atoms with Crippen LogP contribution in [0.15, 0.2) is 36.4 Å². The second-order valence-electron chi connectivity index (χ2n) is 5.58. The van der Waals surface area contributed by atoms with Crippen LogP contribution in [0.3, 0.4) is 0 Å². The molecule has 1 aromatic carbocycles. The Morgan fingerprint density at radius 3 is 2.82 bits per heavy atom. The van der Waals surface area contributed by atoms with Gasteiger partial charge < -0.3 is 10.2 Å². The zero-order valence-electron chi connectivity index (χ0n) is 13.0. The number of nitrogens with zero attached hydrogens (tertiary/aromatic N) is 1. The Morgan fingerprint density at radius 1 is 1.18 bits per heavy atom. The number of nitrogens with one attached hydrogen (secondary N) is 1. The van der Waals surface area contributed by atoms with Crippen molar-refractivity contribution in [3.63, 3.8) is 0 Å². The van der Waals surface area contributed by atoms with Crippen LogP contribution in [0.2, 0.25) is 0 Å². The molecule has 0 aliphatic carbocycles. The average molecular weight is 300 g/mol. The quantitative estimate of drug-likeness (QED) is 0.648. The highest BCUT2D eigenvalue weighted by Crippen LogP contribution is 2.11. The summed E-state index contributed by atoms with van der Waals surface area (Å²) in [7, 11) is 0. The van der Waals surface area contributed by atoms with Crippen molar-refractivity contribution in [2.24, 2.45) is 0 Å². The summed E-state index contributed by atoms with van der Waals surface area (Å²) in [4.78, 5) is 25.5. The third kappa shape index (κ3) is 5.72. The summed E-state index contributed by atoms with van der Waals surface area (Å²) in [6.07, 6.45) is 8.07. The molecule has 0 radical (unpaired) electrons. The molecule has 22 heavy (non-hydrogen) atoms. The minimum Gasteiger partial charge on any atom is -0.352 e. The smallest absolute Gasteiger partial charge is 0.244 e. The van der Waals surface area contributed by atoms with Crippen LogP contribution in [0, 0.1) is 0 Å². The van der Waals surface area contributed by atoms with Crippen LogP contribution < -0.4 is 5.32 Å². The molecule has 0 aromatic heterocycles. The van der Waals surface area contributed by atoms with Crippen molar-refractivity contribution in [1.82, 2.24) is 10.2 Å². The van der Waals surface area contributed by atoms with Gasteiger partial charge in [0, 0.05) is 32.1 Å². The van der Waals surface area contributed by atoms with Gasteiger partial charge in [0.25, 0.3) is 0 Å². The van der Waals surface area contributed by atoms with E-state index in [-0.39, 0.29) is 11.8 Å². The molecule has 1 aliphatic heterocycles. The van der Waals surface area contributed by atoms with Crippen LogP contribution in [-0.2, 0) is 9.59 Å². The van der Waals surface area contributed by atoms with Crippen molar-refractivity contribution in [2.45, 2.75) is 32.1 Å². The minimum absolute atomic E-state index is 0.0916. The lowest BCUT2D eigenvalue weighted by Gasteiger charge is -2.20. The first-order chi connectivity index (χ1) is 10.8. The van der Waals surface area contributed by atoms with E-state index in [1.165, 1.54) is 0 Å². The molecule has 0 bridgehead atoms. The van der Waals surface area contributed by atoms with Gasteiger partial charge in [0.2, 0.25) is 11.8 Å². The van der Waals surface area contributed by atoms with E-state index in [9.17, 15) is 9.59 Å². The maximum Gasteiger partial charge on any atom is 0.244 e. The monoisotopic (exact) mass is 300 g/mol. The highest BCUT2D eigenvalue weighted by molar-refractivity contribution is 5.91. The Morgan fingerprint density at radius 2 is 2.00 bits per heavy atom. The van der Waals surface area contributed by atoms with Gasteiger partial charge in [-0.2, -0.15) is 0 Å². The number of hydrogen-bond donors (Lipinski definition) is 1. The maximum absolute atomic E-state index is 11.8. The zero-order valence-corrected chi connectivity index (χ0v) is 13.0. The Labute approximate surface area is 132 Å². The van der Waals surface area contributed by atoms with E-state index in [1.807, 2.05) is 35.2 Å². The van der Waals surface area contributed by atoms with Crippen LogP contribution >= 0.6 is 0 Å². The summed E-state index contributed by atoms with van der Waals surface area (Å²) in [5, 5.41) is 2.86. The van der Waals surface area contributed by atoms with Gasteiger partial charge in [0.05, 0.1) is 0 Å². The minimum atomic E-state index is -0.0916. The van der Waals surface area contributed by atoms with Gasteiger partial charge in [-0.25, -0.2) is 0 Å². The van der Waals surface area contributed by atoms with Gasteiger partial charge in [-0.05, 0) is 30.9 Å². The lowest BCUT2D eigenvalue weighted by atomic mass is 10.2. The van der Waals surface area contributed by atoms with Crippen LogP contribution in [0.25, 0.3) is 6.08 Å². The Balaban J connectivity index is 1.64. The van der Waals surface area contributed by atoms with E-state index >= 15 is 0 Å². The summed E-state index contributed by atoms with van der Waals surface area (Å²) in [5.41, 5.74) is 1.01. The number of hydrogen-bond acceptors (Lipinski definition) is 2. The number of carbonyl (C=O) groups excluding carboxylic acids is 2. The third-order valence-electron chi connectivity index (χ3n) is 3.80. The first-order valence-corrected chi connectivity index (χ1v) is 8.04. The average Bonchev–Trinajstić information content (AvgIpc) is 2.75. The van der Waals surface area contributed by atoms with E-state index in [0.29, 0.717) is 13.0 Å².